The van der Waals surface area contributed by atoms with Gasteiger partial charge < -0.3 is 20.5 Å². The van der Waals surface area contributed by atoms with Crippen LogP contribution in [0.15, 0.2) is 28.9 Å². The molecule has 0 radical (unpaired) electrons. The van der Waals surface area contributed by atoms with Crippen molar-refractivity contribution in [3.63, 3.8) is 0 Å². The molecular formula is C11H9N5O3. The van der Waals surface area contributed by atoms with E-state index < -0.39 is 0 Å². The van der Waals surface area contributed by atoms with E-state index in [9.17, 15) is 10.2 Å². The Kier molecular flexibility index (Phi) is 2.34. The molecule has 0 spiro atoms. The van der Waals surface area contributed by atoms with E-state index >= 15 is 0 Å². The number of nitrogens with zero attached hydrogens (tertiary/aromatic N) is 3. The number of aromatic amines is 1. The lowest BCUT2D eigenvalue weighted by Crippen LogP contribution is -1.87. The molecule has 0 saturated heterocycles. The second kappa shape index (κ2) is 4.02. The van der Waals surface area contributed by atoms with Crippen LogP contribution in [0.5, 0.6) is 11.5 Å². The standard InChI is InChI=1S/C11H9N5O3/c12-9-6(4-13-15-9)11-14-10(16-19-11)5-1-2-7(17)8(18)3-5/h1-4,17-18H,(H3,12,13,15). The predicted octanol–water partition coefficient (Wildman–Crippen LogP) is 1.12. The first-order valence-corrected chi connectivity index (χ1v) is 5.30. The van der Waals surface area contributed by atoms with Gasteiger partial charge in [0.2, 0.25) is 5.82 Å². The molecule has 0 aliphatic heterocycles. The Morgan fingerprint density at radius 3 is 2.74 bits per heavy atom. The number of aromatic hydroxyl groups is 2. The molecule has 0 saturated carbocycles. The van der Waals surface area contributed by atoms with E-state index in [-0.39, 0.29) is 23.2 Å². The molecule has 2 heterocycles. The number of nitrogens with one attached hydrogen (secondary N) is 1. The van der Waals surface area contributed by atoms with Crippen molar-refractivity contribution in [2.24, 2.45) is 0 Å². The van der Waals surface area contributed by atoms with Crippen molar-refractivity contribution in [1.29, 1.82) is 0 Å². The number of nitrogen functional groups attached to an aromatic ring is 1. The molecule has 0 unspecified atom stereocenters. The van der Waals surface area contributed by atoms with Crippen LogP contribution in [-0.4, -0.2) is 30.6 Å². The molecule has 0 bridgehead atoms. The van der Waals surface area contributed by atoms with Crippen molar-refractivity contribution in [3.8, 4) is 34.3 Å². The summed E-state index contributed by atoms with van der Waals surface area (Å²) in [7, 11) is 0. The van der Waals surface area contributed by atoms with Crippen LogP contribution < -0.4 is 5.73 Å². The third kappa shape index (κ3) is 1.84. The van der Waals surface area contributed by atoms with Crippen LogP contribution in [0.2, 0.25) is 0 Å². The number of H-pyrrole nitrogens is 1. The van der Waals surface area contributed by atoms with E-state index in [1.807, 2.05) is 0 Å². The van der Waals surface area contributed by atoms with Crippen molar-refractivity contribution in [2.45, 2.75) is 0 Å². The van der Waals surface area contributed by atoms with Gasteiger partial charge in [-0.25, -0.2) is 0 Å². The minimum Gasteiger partial charge on any atom is -0.504 e. The molecule has 19 heavy (non-hydrogen) atoms. The molecule has 0 aliphatic carbocycles. The Labute approximate surface area is 106 Å². The van der Waals surface area contributed by atoms with E-state index in [1.54, 1.807) is 6.07 Å². The first kappa shape index (κ1) is 11.1. The summed E-state index contributed by atoms with van der Waals surface area (Å²) in [6, 6.07) is 4.23. The number of nitrogens with two attached hydrogens (primary N) is 1. The highest BCUT2D eigenvalue weighted by Gasteiger charge is 2.15. The van der Waals surface area contributed by atoms with E-state index in [4.69, 9.17) is 10.3 Å². The van der Waals surface area contributed by atoms with Gasteiger partial charge in [0.15, 0.2) is 11.5 Å². The van der Waals surface area contributed by atoms with Crippen LogP contribution >= 0.6 is 0 Å². The molecule has 2 aromatic heterocycles. The van der Waals surface area contributed by atoms with E-state index in [0.717, 1.165) is 0 Å². The van der Waals surface area contributed by atoms with Gasteiger partial charge in [-0.05, 0) is 18.2 Å². The van der Waals surface area contributed by atoms with Crippen molar-refractivity contribution in [3.05, 3.63) is 24.4 Å². The number of anilines is 1. The zero-order valence-electron chi connectivity index (χ0n) is 9.53. The average Bonchev–Trinajstić information content (AvgIpc) is 3.01. The molecule has 1 aromatic carbocycles. The number of phenolic OH excluding ortho intramolecular Hbond substituents is 2. The average molecular weight is 259 g/mol. The molecule has 3 aromatic rings. The van der Waals surface area contributed by atoms with Crippen LogP contribution in [0.3, 0.4) is 0 Å². The Bertz CT molecular complexity index is 734. The fourth-order valence-corrected chi connectivity index (χ4v) is 1.58. The monoisotopic (exact) mass is 259 g/mol. The maximum absolute atomic E-state index is 9.43. The molecule has 8 nitrogen and oxygen atoms in total. The van der Waals surface area contributed by atoms with Crippen LogP contribution in [0.4, 0.5) is 5.82 Å². The fourth-order valence-electron chi connectivity index (χ4n) is 1.58. The lowest BCUT2D eigenvalue weighted by atomic mass is 10.2. The molecule has 0 fully saturated rings. The van der Waals surface area contributed by atoms with E-state index in [0.29, 0.717) is 16.9 Å². The molecule has 96 valence electrons. The molecule has 8 heteroatoms. The predicted molar refractivity (Wildman–Crippen MR) is 65.1 cm³/mol. The van der Waals surface area contributed by atoms with Gasteiger partial charge in [0.1, 0.15) is 11.4 Å². The maximum Gasteiger partial charge on any atom is 0.263 e. The second-order valence-electron chi connectivity index (χ2n) is 3.82. The van der Waals surface area contributed by atoms with Crippen LogP contribution in [0.25, 0.3) is 22.8 Å². The van der Waals surface area contributed by atoms with Crippen LogP contribution in [0, 0.1) is 0 Å². The minimum atomic E-state index is -0.258. The molecule has 0 atom stereocenters. The Hall–Kier alpha value is -3.03. The topological polar surface area (TPSA) is 134 Å². The summed E-state index contributed by atoms with van der Waals surface area (Å²) in [5, 5.41) is 28.8. The maximum atomic E-state index is 9.43. The molecule has 0 amide bonds. The van der Waals surface area contributed by atoms with Crippen molar-refractivity contribution < 1.29 is 14.7 Å². The first-order valence-electron chi connectivity index (χ1n) is 5.30. The van der Waals surface area contributed by atoms with E-state index in [2.05, 4.69) is 20.3 Å². The summed E-state index contributed by atoms with van der Waals surface area (Å²) in [5.74, 6) is 0.335. The lowest BCUT2D eigenvalue weighted by molar-refractivity contribution is 0.404. The van der Waals surface area contributed by atoms with Crippen molar-refractivity contribution in [2.75, 3.05) is 5.73 Å². The number of aromatic nitrogens is 4. The summed E-state index contributed by atoms with van der Waals surface area (Å²) < 4.78 is 5.07. The zero-order chi connectivity index (χ0) is 13.4. The van der Waals surface area contributed by atoms with Gasteiger partial charge in [-0.2, -0.15) is 10.1 Å². The number of benzene rings is 1. The zero-order valence-corrected chi connectivity index (χ0v) is 9.53. The van der Waals surface area contributed by atoms with Gasteiger partial charge in [-0.1, -0.05) is 5.16 Å². The molecule has 0 aliphatic rings. The highest BCUT2D eigenvalue weighted by molar-refractivity contribution is 5.68. The summed E-state index contributed by atoms with van der Waals surface area (Å²) in [4.78, 5) is 4.14. The Morgan fingerprint density at radius 1 is 1.21 bits per heavy atom. The van der Waals surface area contributed by atoms with E-state index in [1.165, 1.54) is 18.3 Å². The Balaban J connectivity index is 2.01. The van der Waals surface area contributed by atoms with Gasteiger partial charge in [0, 0.05) is 5.56 Å². The quantitative estimate of drug-likeness (QED) is 0.506. The van der Waals surface area contributed by atoms with Gasteiger partial charge in [-0.15, -0.1) is 0 Å². The summed E-state index contributed by atoms with van der Waals surface area (Å²) in [6.45, 7) is 0. The fraction of sp³-hybridized carbons (Fsp3) is 0. The largest absolute Gasteiger partial charge is 0.504 e. The summed E-state index contributed by atoms with van der Waals surface area (Å²) in [5.41, 5.74) is 6.65. The SMILES string of the molecule is Nc1[nH]ncc1-c1nc(-c2ccc(O)c(O)c2)no1. The molecule has 3 rings (SSSR count). The molecular weight excluding hydrogens is 250 g/mol. The number of rotatable bonds is 2. The summed E-state index contributed by atoms with van der Waals surface area (Å²) in [6.07, 6.45) is 1.47. The number of phenols is 2. The minimum absolute atomic E-state index is 0.216. The highest BCUT2D eigenvalue weighted by atomic mass is 16.5. The highest BCUT2D eigenvalue weighted by Crippen LogP contribution is 2.30. The molecule has 5 N–H and O–H groups in total. The van der Waals surface area contributed by atoms with Gasteiger partial charge in [0.05, 0.1) is 6.20 Å². The van der Waals surface area contributed by atoms with Crippen molar-refractivity contribution >= 4 is 5.82 Å². The normalized spacial score (nSPS) is 10.7. The van der Waals surface area contributed by atoms with Gasteiger partial charge in [-0.3, -0.25) is 5.10 Å². The van der Waals surface area contributed by atoms with Gasteiger partial charge >= 0.3 is 0 Å². The summed E-state index contributed by atoms with van der Waals surface area (Å²) >= 11 is 0. The second-order valence-corrected chi connectivity index (χ2v) is 3.82. The van der Waals surface area contributed by atoms with Crippen LogP contribution in [-0.2, 0) is 0 Å². The Morgan fingerprint density at radius 2 is 2.05 bits per heavy atom. The van der Waals surface area contributed by atoms with Gasteiger partial charge in [0.25, 0.3) is 5.89 Å². The first-order chi connectivity index (χ1) is 9.15. The third-order valence-electron chi connectivity index (χ3n) is 2.56. The van der Waals surface area contributed by atoms with Crippen molar-refractivity contribution in [1.82, 2.24) is 20.3 Å². The third-order valence-corrected chi connectivity index (χ3v) is 2.56. The number of hydrogen-bond acceptors (Lipinski definition) is 7. The number of hydrogen-bond donors (Lipinski definition) is 4. The smallest absolute Gasteiger partial charge is 0.263 e. The lowest BCUT2D eigenvalue weighted by Gasteiger charge is -1.98. The van der Waals surface area contributed by atoms with Crippen LogP contribution in [0.1, 0.15) is 0 Å².